The maximum Gasteiger partial charge on any atom is 0.350 e. The van der Waals surface area contributed by atoms with Crippen LogP contribution in [-0.4, -0.2) is 43.9 Å². The molecule has 0 aliphatic heterocycles. The SMILES string of the molecule is COc1cccc(CNC(=O)Cn2nc3c4cc(-c5cc(C)ccc5C)nn4ccn3c2=O)c1OC. The third-order valence-corrected chi connectivity index (χ3v) is 6.12. The molecule has 0 aliphatic rings. The van der Waals surface area contributed by atoms with E-state index in [4.69, 9.17) is 9.47 Å². The van der Waals surface area contributed by atoms with Crippen molar-refractivity contribution < 1.29 is 14.3 Å². The van der Waals surface area contributed by atoms with E-state index in [1.165, 1.54) is 4.40 Å². The number of carbonyl (C=O) groups excluding carboxylic acids is 1. The lowest BCUT2D eigenvalue weighted by atomic mass is 10.0. The van der Waals surface area contributed by atoms with E-state index in [0.29, 0.717) is 22.7 Å². The second-order valence-electron chi connectivity index (χ2n) is 8.54. The molecule has 0 spiro atoms. The Morgan fingerprint density at radius 3 is 2.64 bits per heavy atom. The first-order chi connectivity index (χ1) is 17.4. The molecule has 0 fully saturated rings. The van der Waals surface area contributed by atoms with Gasteiger partial charge in [-0.15, -0.1) is 5.10 Å². The van der Waals surface area contributed by atoms with Crippen molar-refractivity contribution in [3.63, 3.8) is 0 Å². The van der Waals surface area contributed by atoms with Gasteiger partial charge in [0, 0.05) is 30.1 Å². The summed E-state index contributed by atoms with van der Waals surface area (Å²) in [5.74, 6) is 0.768. The van der Waals surface area contributed by atoms with Crippen molar-refractivity contribution in [1.82, 2.24) is 29.1 Å². The van der Waals surface area contributed by atoms with Crippen LogP contribution in [0.4, 0.5) is 0 Å². The van der Waals surface area contributed by atoms with E-state index in [0.717, 1.165) is 32.6 Å². The Morgan fingerprint density at radius 1 is 1.03 bits per heavy atom. The van der Waals surface area contributed by atoms with Gasteiger partial charge < -0.3 is 14.8 Å². The minimum absolute atomic E-state index is 0.216. The van der Waals surface area contributed by atoms with Gasteiger partial charge in [0.1, 0.15) is 12.1 Å². The minimum atomic E-state index is -0.406. The van der Waals surface area contributed by atoms with Gasteiger partial charge in [0.2, 0.25) is 5.91 Å². The van der Waals surface area contributed by atoms with Crippen LogP contribution in [0, 0.1) is 13.8 Å². The number of carbonyl (C=O) groups is 1. The maximum absolute atomic E-state index is 13.0. The van der Waals surface area contributed by atoms with Crippen LogP contribution in [0.25, 0.3) is 22.4 Å². The summed E-state index contributed by atoms with van der Waals surface area (Å²) in [5.41, 5.74) is 5.49. The number of ether oxygens (including phenoxy) is 2. The fourth-order valence-electron chi connectivity index (χ4n) is 4.26. The van der Waals surface area contributed by atoms with E-state index >= 15 is 0 Å². The molecule has 0 radical (unpaired) electrons. The number of para-hydroxylation sites is 1. The zero-order chi connectivity index (χ0) is 25.4. The molecule has 0 bridgehead atoms. The number of benzene rings is 2. The highest BCUT2D eigenvalue weighted by molar-refractivity contribution is 5.78. The number of hydrogen-bond acceptors (Lipinski definition) is 6. The number of nitrogens with one attached hydrogen (secondary N) is 1. The molecule has 0 saturated heterocycles. The summed E-state index contributed by atoms with van der Waals surface area (Å²) in [7, 11) is 3.10. The van der Waals surface area contributed by atoms with E-state index in [2.05, 4.69) is 33.7 Å². The minimum Gasteiger partial charge on any atom is -0.493 e. The van der Waals surface area contributed by atoms with Crippen molar-refractivity contribution in [2.24, 2.45) is 0 Å². The molecule has 0 saturated carbocycles. The molecule has 3 heterocycles. The average molecular weight is 487 g/mol. The summed E-state index contributed by atoms with van der Waals surface area (Å²) in [6.45, 7) is 4.06. The van der Waals surface area contributed by atoms with Crippen LogP contribution in [0.5, 0.6) is 11.5 Å². The predicted octanol–water partition coefficient (Wildman–Crippen LogP) is 2.76. The number of amides is 1. The fraction of sp³-hybridized carbons (Fsp3) is 0.231. The van der Waals surface area contributed by atoms with Crippen LogP contribution in [0.15, 0.2) is 59.7 Å². The van der Waals surface area contributed by atoms with Crippen LogP contribution in [0.2, 0.25) is 0 Å². The zero-order valence-corrected chi connectivity index (χ0v) is 20.5. The Balaban J connectivity index is 1.42. The van der Waals surface area contributed by atoms with Crippen molar-refractivity contribution in [2.45, 2.75) is 26.9 Å². The third-order valence-electron chi connectivity index (χ3n) is 6.12. The number of hydrogen-bond donors (Lipinski definition) is 1. The van der Waals surface area contributed by atoms with Crippen LogP contribution in [0.1, 0.15) is 16.7 Å². The predicted molar refractivity (Wildman–Crippen MR) is 135 cm³/mol. The lowest BCUT2D eigenvalue weighted by molar-refractivity contribution is -0.122. The Labute approximate surface area is 206 Å². The van der Waals surface area contributed by atoms with Crippen molar-refractivity contribution in [3.8, 4) is 22.8 Å². The first kappa shape index (κ1) is 23.2. The molecule has 3 aromatic heterocycles. The van der Waals surface area contributed by atoms with Crippen molar-refractivity contribution >= 4 is 17.1 Å². The van der Waals surface area contributed by atoms with Gasteiger partial charge in [0.05, 0.1) is 19.9 Å². The van der Waals surface area contributed by atoms with E-state index in [1.54, 1.807) is 37.2 Å². The van der Waals surface area contributed by atoms with E-state index in [-0.39, 0.29) is 19.0 Å². The smallest absolute Gasteiger partial charge is 0.350 e. The quantitative estimate of drug-likeness (QED) is 0.379. The summed E-state index contributed by atoms with van der Waals surface area (Å²) in [6.07, 6.45) is 3.31. The van der Waals surface area contributed by atoms with Crippen LogP contribution in [0.3, 0.4) is 0 Å². The summed E-state index contributed by atoms with van der Waals surface area (Å²) in [5, 5.41) is 11.9. The highest BCUT2D eigenvalue weighted by Crippen LogP contribution is 2.30. The van der Waals surface area contributed by atoms with Gasteiger partial charge in [0.15, 0.2) is 17.1 Å². The fourth-order valence-corrected chi connectivity index (χ4v) is 4.26. The maximum atomic E-state index is 13.0. The van der Waals surface area contributed by atoms with Gasteiger partial charge in [-0.1, -0.05) is 29.8 Å². The molecule has 5 rings (SSSR count). The summed E-state index contributed by atoms with van der Waals surface area (Å²) >= 11 is 0. The molecule has 0 unspecified atom stereocenters. The number of aromatic nitrogens is 5. The van der Waals surface area contributed by atoms with Gasteiger partial charge in [-0.05, 0) is 37.6 Å². The number of fused-ring (bicyclic) bond motifs is 3. The lowest BCUT2D eigenvalue weighted by Crippen LogP contribution is -2.32. The Bertz CT molecular complexity index is 1660. The number of aryl methyl sites for hydroxylation is 2. The first-order valence-electron chi connectivity index (χ1n) is 11.4. The van der Waals surface area contributed by atoms with Gasteiger partial charge in [-0.25, -0.2) is 18.4 Å². The highest BCUT2D eigenvalue weighted by Gasteiger charge is 2.17. The highest BCUT2D eigenvalue weighted by atomic mass is 16.5. The molecule has 10 heteroatoms. The molecule has 36 heavy (non-hydrogen) atoms. The molecule has 0 aliphatic carbocycles. The Kier molecular flexibility index (Phi) is 5.93. The van der Waals surface area contributed by atoms with Gasteiger partial charge >= 0.3 is 5.69 Å². The van der Waals surface area contributed by atoms with E-state index in [1.807, 2.05) is 32.0 Å². The second-order valence-corrected chi connectivity index (χ2v) is 8.54. The molecular weight excluding hydrogens is 460 g/mol. The topological polar surface area (TPSA) is 104 Å². The standard InChI is InChI=1S/C26H26N6O4/c1-16-8-9-17(2)19(12-16)20-13-21-25-29-32(26(34)30(25)10-11-31(21)28-20)15-23(33)27-14-18-6-5-7-22(35-3)24(18)36-4/h5-13H,14-15H2,1-4H3,(H,27,33). The molecule has 0 atom stereocenters. The monoisotopic (exact) mass is 486 g/mol. The van der Waals surface area contributed by atoms with E-state index in [9.17, 15) is 9.59 Å². The zero-order valence-electron chi connectivity index (χ0n) is 20.5. The second kappa shape index (κ2) is 9.21. The van der Waals surface area contributed by atoms with Crippen molar-refractivity contribution in [1.29, 1.82) is 0 Å². The lowest BCUT2D eigenvalue weighted by Gasteiger charge is -2.13. The summed E-state index contributed by atoms with van der Waals surface area (Å²) in [6, 6.07) is 13.5. The number of methoxy groups -OCH3 is 2. The largest absolute Gasteiger partial charge is 0.493 e. The number of nitrogens with zero attached hydrogens (tertiary/aromatic N) is 5. The van der Waals surface area contributed by atoms with E-state index < -0.39 is 5.69 Å². The van der Waals surface area contributed by atoms with Crippen LogP contribution in [-0.2, 0) is 17.9 Å². The molecule has 2 aromatic carbocycles. The normalized spacial score (nSPS) is 11.2. The average Bonchev–Trinajstić information content (AvgIpc) is 3.45. The Morgan fingerprint density at radius 2 is 1.86 bits per heavy atom. The Hall–Kier alpha value is -4.60. The first-order valence-corrected chi connectivity index (χ1v) is 11.4. The van der Waals surface area contributed by atoms with Crippen LogP contribution >= 0.6 is 0 Å². The van der Waals surface area contributed by atoms with Crippen molar-refractivity contribution in [3.05, 3.63) is 82.0 Å². The molecule has 1 amide bonds. The molecule has 5 aromatic rings. The summed E-state index contributed by atoms with van der Waals surface area (Å²) in [4.78, 5) is 25.6. The molecule has 10 nitrogen and oxygen atoms in total. The summed E-state index contributed by atoms with van der Waals surface area (Å²) < 4.78 is 15.0. The van der Waals surface area contributed by atoms with Crippen LogP contribution < -0.4 is 20.5 Å². The molecule has 184 valence electrons. The molecule has 1 N–H and O–H groups in total. The molecular formula is C26H26N6O4. The van der Waals surface area contributed by atoms with Gasteiger partial charge in [-0.3, -0.25) is 4.79 Å². The third kappa shape index (κ3) is 4.06. The van der Waals surface area contributed by atoms with Crippen molar-refractivity contribution in [2.75, 3.05) is 14.2 Å². The number of rotatable bonds is 7. The van der Waals surface area contributed by atoms with Gasteiger partial charge in [0.25, 0.3) is 0 Å². The van der Waals surface area contributed by atoms with Gasteiger partial charge in [-0.2, -0.15) is 5.10 Å².